The summed E-state index contributed by atoms with van der Waals surface area (Å²) in [5.74, 6) is -0.0495. The zero-order valence-electron chi connectivity index (χ0n) is 14.0. The number of rotatable bonds is 3. The zero-order valence-corrected chi connectivity index (χ0v) is 15.6. The molecule has 1 N–H and O–H groups in total. The Balaban J connectivity index is 0.00000208. The molecule has 1 aromatic carbocycles. The topological polar surface area (TPSA) is 69.7 Å². The minimum absolute atomic E-state index is 0. The molecular formula is C16H24ClN3O3S. The lowest BCUT2D eigenvalue weighted by Gasteiger charge is -2.31. The summed E-state index contributed by atoms with van der Waals surface area (Å²) in [6.45, 7) is 3.18. The van der Waals surface area contributed by atoms with Gasteiger partial charge in [-0.15, -0.1) is 12.4 Å². The molecule has 0 aliphatic carbocycles. The van der Waals surface area contributed by atoms with Crippen molar-refractivity contribution in [2.45, 2.75) is 37.1 Å². The van der Waals surface area contributed by atoms with Gasteiger partial charge in [-0.3, -0.25) is 4.79 Å². The fourth-order valence-corrected chi connectivity index (χ4v) is 4.94. The summed E-state index contributed by atoms with van der Waals surface area (Å²) >= 11 is 0. The second-order valence-electron chi connectivity index (χ2n) is 6.20. The van der Waals surface area contributed by atoms with Crippen LogP contribution in [0.3, 0.4) is 0 Å². The highest BCUT2D eigenvalue weighted by molar-refractivity contribution is 7.89. The highest BCUT2D eigenvalue weighted by Gasteiger charge is 2.31. The number of amides is 1. The Hall–Kier alpha value is -1.15. The second kappa shape index (κ2) is 7.39. The third kappa shape index (κ3) is 3.44. The van der Waals surface area contributed by atoms with E-state index < -0.39 is 10.0 Å². The minimum Gasteiger partial charge on any atom is -0.316 e. The van der Waals surface area contributed by atoms with Gasteiger partial charge in [0.15, 0.2) is 0 Å². The van der Waals surface area contributed by atoms with Crippen LogP contribution in [-0.2, 0) is 21.2 Å². The normalized spacial score (nSPS) is 21.2. The lowest BCUT2D eigenvalue weighted by atomic mass is 10.1. The van der Waals surface area contributed by atoms with Gasteiger partial charge in [0.1, 0.15) is 0 Å². The molecule has 3 rings (SSSR count). The molecule has 2 aliphatic rings. The van der Waals surface area contributed by atoms with Crippen molar-refractivity contribution in [3.8, 4) is 0 Å². The lowest BCUT2D eigenvalue weighted by molar-refractivity contribution is -0.116. The van der Waals surface area contributed by atoms with E-state index in [9.17, 15) is 13.2 Å². The minimum atomic E-state index is -3.52. The number of hydrogen-bond acceptors (Lipinski definition) is 4. The number of carbonyl (C=O) groups is 1. The number of piperidine rings is 1. The van der Waals surface area contributed by atoms with E-state index in [0.717, 1.165) is 30.5 Å². The van der Waals surface area contributed by atoms with Crippen LogP contribution in [-0.4, -0.2) is 51.4 Å². The van der Waals surface area contributed by atoms with Crippen LogP contribution in [0.4, 0.5) is 5.69 Å². The molecule has 0 bridgehead atoms. The molecule has 0 radical (unpaired) electrons. The van der Waals surface area contributed by atoms with Crippen molar-refractivity contribution in [3.05, 3.63) is 23.8 Å². The third-order valence-electron chi connectivity index (χ3n) is 4.76. The maximum atomic E-state index is 12.9. The van der Waals surface area contributed by atoms with Crippen molar-refractivity contribution in [2.75, 3.05) is 31.6 Å². The number of nitrogens with one attached hydrogen (secondary N) is 1. The van der Waals surface area contributed by atoms with E-state index in [1.165, 1.54) is 6.92 Å². The molecule has 0 saturated carbocycles. The summed E-state index contributed by atoms with van der Waals surface area (Å²) < 4.78 is 27.4. The Morgan fingerprint density at radius 2 is 2.04 bits per heavy atom. The monoisotopic (exact) mass is 373 g/mol. The number of benzene rings is 1. The molecule has 2 aliphatic heterocycles. The molecule has 1 aromatic rings. The standard InChI is InChI=1S/C16H23N3O3S.ClH/c1-12(20)19-9-7-13-5-6-15(10-16(13)19)23(21,22)18-8-3-4-14(11-18)17-2;/h5-6,10,14,17H,3-4,7-9,11H2,1-2H3;1H. The van der Waals surface area contributed by atoms with Crippen LogP contribution in [0.1, 0.15) is 25.3 Å². The molecule has 2 heterocycles. The number of halogens is 1. The summed E-state index contributed by atoms with van der Waals surface area (Å²) in [5.41, 5.74) is 1.77. The number of sulfonamides is 1. The van der Waals surface area contributed by atoms with Crippen molar-refractivity contribution >= 4 is 34.0 Å². The van der Waals surface area contributed by atoms with E-state index in [1.807, 2.05) is 13.1 Å². The van der Waals surface area contributed by atoms with Crippen LogP contribution in [0.15, 0.2) is 23.1 Å². The van der Waals surface area contributed by atoms with Crippen molar-refractivity contribution < 1.29 is 13.2 Å². The Bertz CT molecular complexity index is 723. The molecule has 1 saturated heterocycles. The average Bonchev–Trinajstić information content (AvgIpc) is 2.98. The van der Waals surface area contributed by atoms with Crippen LogP contribution < -0.4 is 10.2 Å². The number of likely N-dealkylation sites (N-methyl/N-ethyl adjacent to an activating group) is 1. The molecular weight excluding hydrogens is 350 g/mol. The lowest BCUT2D eigenvalue weighted by Crippen LogP contribution is -2.46. The van der Waals surface area contributed by atoms with E-state index >= 15 is 0 Å². The number of fused-ring (bicyclic) bond motifs is 1. The molecule has 0 spiro atoms. The molecule has 1 atom stereocenters. The molecule has 1 amide bonds. The Labute approximate surface area is 149 Å². The number of hydrogen-bond donors (Lipinski definition) is 1. The van der Waals surface area contributed by atoms with Gasteiger partial charge in [0.2, 0.25) is 15.9 Å². The highest BCUT2D eigenvalue weighted by Crippen LogP contribution is 2.32. The smallest absolute Gasteiger partial charge is 0.243 e. The van der Waals surface area contributed by atoms with Crippen molar-refractivity contribution in [1.82, 2.24) is 9.62 Å². The summed E-state index contributed by atoms with van der Waals surface area (Å²) in [6.07, 6.45) is 2.63. The van der Waals surface area contributed by atoms with Crippen molar-refractivity contribution in [1.29, 1.82) is 0 Å². The van der Waals surface area contributed by atoms with E-state index in [4.69, 9.17) is 0 Å². The van der Waals surface area contributed by atoms with Gasteiger partial charge in [-0.1, -0.05) is 6.07 Å². The maximum Gasteiger partial charge on any atom is 0.243 e. The molecule has 1 unspecified atom stereocenters. The quantitative estimate of drug-likeness (QED) is 0.869. The second-order valence-corrected chi connectivity index (χ2v) is 8.14. The molecule has 6 nitrogen and oxygen atoms in total. The van der Waals surface area contributed by atoms with Crippen molar-refractivity contribution in [3.63, 3.8) is 0 Å². The molecule has 0 aromatic heterocycles. The van der Waals surface area contributed by atoms with Crippen LogP contribution in [0.25, 0.3) is 0 Å². The van der Waals surface area contributed by atoms with E-state index in [1.54, 1.807) is 21.3 Å². The Morgan fingerprint density at radius 3 is 2.71 bits per heavy atom. The molecule has 8 heteroatoms. The highest BCUT2D eigenvalue weighted by atomic mass is 35.5. The average molecular weight is 374 g/mol. The van der Waals surface area contributed by atoms with Crippen LogP contribution in [0.5, 0.6) is 0 Å². The molecule has 134 valence electrons. The fourth-order valence-electron chi connectivity index (χ4n) is 3.39. The van der Waals surface area contributed by atoms with Crippen LogP contribution in [0.2, 0.25) is 0 Å². The van der Waals surface area contributed by atoms with Gasteiger partial charge in [0, 0.05) is 38.3 Å². The summed E-state index contributed by atoms with van der Waals surface area (Å²) in [6, 6.07) is 5.36. The third-order valence-corrected chi connectivity index (χ3v) is 6.62. The van der Waals surface area contributed by atoms with Crippen molar-refractivity contribution in [2.24, 2.45) is 0 Å². The predicted molar refractivity (Wildman–Crippen MR) is 96.3 cm³/mol. The van der Waals surface area contributed by atoms with E-state index in [2.05, 4.69) is 5.32 Å². The van der Waals surface area contributed by atoms with E-state index in [-0.39, 0.29) is 29.3 Å². The molecule has 24 heavy (non-hydrogen) atoms. The van der Waals surface area contributed by atoms with Gasteiger partial charge in [-0.05, 0) is 44.0 Å². The molecule has 1 fully saturated rings. The maximum absolute atomic E-state index is 12.9. The summed E-state index contributed by atoms with van der Waals surface area (Å²) in [7, 11) is -1.66. The fraction of sp³-hybridized carbons (Fsp3) is 0.562. The van der Waals surface area contributed by atoms with Gasteiger partial charge in [-0.25, -0.2) is 8.42 Å². The first-order valence-corrected chi connectivity index (χ1v) is 9.46. The van der Waals surface area contributed by atoms with Gasteiger partial charge in [0.05, 0.1) is 4.90 Å². The van der Waals surface area contributed by atoms with Gasteiger partial charge in [-0.2, -0.15) is 4.31 Å². The van der Waals surface area contributed by atoms with E-state index in [0.29, 0.717) is 19.6 Å². The van der Waals surface area contributed by atoms with Crippen LogP contribution >= 0.6 is 12.4 Å². The Kier molecular flexibility index (Phi) is 5.91. The largest absolute Gasteiger partial charge is 0.316 e. The van der Waals surface area contributed by atoms with Gasteiger partial charge in [0.25, 0.3) is 0 Å². The predicted octanol–water partition coefficient (Wildman–Crippen LogP) is 1.39. The Morgan fingerprint density at radius 1 is 1.29 bits per heavy atom. The number of anilines is 1. The number of carbonyl (C=O) groups excluding carboxylic acids is 1. The van der Waals surface area contributed by atoms with Crippen LogP contribution in [0, 0.1) is 0 Å². The van der Waals surface area contributed by atoms with Gasteiger partial charge < -0.3 is 10.2 Å². The first kappa shape index (κ1) is 19.2. The summed E-state index contributed by atoms with van der Waals surface area (Å²) in [4.78, 5) is 13.6. The summed E-state index contributed by atoms with van der Waals surface area (Å²) in [5, 5.41) is 3.16. The first-order valence-electron chi connectivity index (χ1n) is 8.02. The van der Waals surface area contributed by atoms with Gasteiger partial charge >= 0.3 is 0 Å². The first-order chi connectivity index (χ1) is 10.9. The SMILES string of the molecule is CNC1CCCN(S(=O)(=O)c2ccc3c(c2)N(C(C)=O)CC3)C1.Cl. The number of nitrogens with zero attached hydrogens (tertiary/aromatic N) is 2. The zero-order chi connectivity index (χ0) is 16.6.